The molecule has 0 bridgehead atoms. The summed E-state index contributed by atoms with van der Waals surface area (Å²) in [6.07, 6.45) is 2.01. The number of hydrogen-bond donors (Lipinski definition) is 3. The second-order valence-electron chi connectivity index (χ2n) is 5.72. The molecular weight excluding hydrogens is 346 g/mol. The Balaban J connectivity index is 1.52. The molecular formula is C16H20BrN3O2. The van der Waals surface area contributed by atoms with Crippen LogP contribution in [0.2, 0.25) is 0 Å². The third kappa shape index (κ3) is 3.34. The first-order chi connectivity index (χ1) is 10.6. The van der Waals surface area contributed by atoms with Crippen molar-refractivity contribution < 1.29 is 9.90 Å². The van der Waals surface area contributed by atoms with E-state index in [2.05, 4.69) is 43.3 Å². The minimum absolute atomic E-state index is 0.00499. The molecule has 1 aliphatic heterocycles. The standard InChI is InChI=1S/C16H20BrN3O2/c17-13-2-1-3-14-12(13)4-6-20(14)7-5-19-16(22)8-11-9-18-10-15(11)21/h1-4,6,11,15,18,21H,5,7-10H2,(H,19,22)/t11-,15-/m1/s1. The molecule has 0 saturated carbocycles. The Hall–Kier alpha value is -1.37. The minimum Gasteiger partial charge on any atom is -0.391 e. The molecule has 1 saturated heterocycles. The van der Waals surface area contributed by atoms with Crippen LogP contribution < -0.4 is 10.6 Å². The van der Waals surface area contributed by atoms with Gasteiger partial charge in [-0.1, -0.05) is 22.0 Å². The Morgan fingerprint density at radius 1 is 1.41 bits per heavy atom. The van der Waals surface area contributed by atoms with Crippen LogP contribution in [0.1, 0.15) is 6.42 Å². The number of carbonyl (C=O) groups is 1. The maximum atomic E-state index is 11.9. The molecule has 2 heterocycles. The Morgan fingerprint density at radius 2 is 2.27 bits per heavy atom. The van der Waals surface area contributed by atoms with Gasteiger partial charge in [-0.2, -0.15) is 0 Å². The van der Waals surface area contributed by atoms with E-state index in [9.17, 15) is 9.90 Å². The molecule has 0 aliphatic carbocycles. The number of rotatable bonds is 5. The summed E-state index contributed by atoms with van der Waals surface area (Å²) < 4.78 is 3.21. The van der Waals surface area contributed by atoms with Crippen molar-refractivity contribution in [2.45, 2.75) is 19.1 Å². The number of nitrogens with zero attached hydrogens (tertiary/aromatic N) is 1. The maximum absolute atomic E-state index is 11.9. The molecule has 2 aromatic rings. The van der Waals surface area contributed by atoms with Gasteiger partial charge < -0.3 is 20.3 Å². The molecule has 118 valence electrons. The summed E-state index contributed by atoms with van der Waals surface area (Å²) in [5.74, 6) is 0.0359. The van der Waals surface area contributed by atoms with Crippen molar-refractivity contribution in [3.05, 3.63) is 34.9 Å². The van der Waals surface area contributed by atoms with Crippen molar-refractivity contribution in [2.75, 3.05) is 19.6 Å². The van der Waals surface area contributed by atoms with E-state index in [1.165, 1.54) is 5.39 Å². The van der Waals surface area contributed by atoms with Gasteiger partial charge in [-0.25, -0.2) is 0 Å². The van der Waals surface area contributed by atoms with Gasteiger partial charge in [0.25, 0.3) is 0 Å². The number of amides is 1. The van der Waals surface area contributed by atoms with Gasteiger partial charge in [0.2, 0.25) is 5.91 Å². The second kappa shape index (κ2) is 6.81. The smallest absolute Gasteiger partial charge is 0.220 e. The third-order valence-corrected chi connectivity index (χ3v) is 4.88. The molecule has 1 aromatic carbocycles. The number of β-amino-alcohol motifs (C(OH)–C–C–N with tert-alkyl or cyclic N) is 1. The van der Waals surface area contributed by atoms with Crippen molar-refractivity contribution in [3.8, 4) is 0 Å². The molecule has 5 nitrogen and oxygen atoms in total. The van der Waals surface area contributed by atoms with Gasteiger partial charge in [-0.15, -0.1) is 0 Å². The summed E-state index contributed by atoms with van der Waals surface area (Å²) in [6.45, 7) is 2.62. The van der Waals surface area contributed by atoms with E-state index in [1.54, 1.807) is 0 Å². The van der Waals surface area contributed by atoms with Gasteiger partial charge in [0.05, 0.1) is 6.10 Å². The van der Waals surface area contributed by atoms with Gasteiger partial charge in [0, 0.05) is 60.1 Å². The third-order valence-electron chi connectivity index (χ3n) is 4.19. The van der Waals surface area contributed by atoms with Crippen molar-refractivity contribution in [1.82, 2.24) is 15.2 Å². The van der Waals surface area contributed by atoms with Crippen LogP contribution in [0, 0.1) is 5.92 Å². The van der Waals surface area contributed by atoms with Crippen molar-refractivity contribution in [2.24, 2.45) is 5.92 Å². The molecule has 1 amide bonds. The molecule has 0 spiro atoms. The Morgan fingerprint density at radius 3 is 3.05 bits per heavy atom. The SMILES string of the molecule is O=C(C[C@@H]1CNC[C@H]1O)NCCn1ccc2c(Br)cccc21. The number of carbonyl (C=O) groups excluding carboxylic acids is 1. The van der Waals surface area contributed by atoms with Crippen molar-refractivity contribution in [3.63, 3.8) is 0 Å². The van der Waals surface area contributed by atoms with E-state index in [4.69, 9.17) is 0 Å². The lowest BCUT2D eigenvalue weighted by molar-refractivity contribution is -0.122. The number of aromatic nitrogens is 1. The van der Waals surface area contributed by atoms with E-state index >= 15 is 0 Å². The Bertz CT molecular complexity index is 670. The highest BCUT2D eigenvalue weighted by atomic mass is 79.9. The number of aliphatic hydroxyl groups excluding tert-OH is 1. The molecule has 0 radical (unpaired) electrons. The lowest BCUT2D eigenvalue weighted by Gasteiger charge is -2.13. The van der Waals surface area contributed by atoms with Gasteiger partial charge >= 0.3 is 0 Å². The van der Waals surface area contributed by atoms with Crippen LogP contribution in [0.5, 0.6) is 0 Å². The monoisotopic (exact) mass is 365 g/mol. The number of benzene rings is 1. The molecule has 0 unspecified atom stereocenters. The van der Waals surface area contributed by atoms with E-state index in [-0.39, 0.29) is 11.8 Å². The van der Waals surface area contributed by atoms with Crippen LogP contribution in [-0.2, 0) is 11.3 Å². The van der Waals surface area contributed by atoms with Gasteiger partial charge in [0.15, 0.2) is 0 Å². The van der Waals surface area contributed by atoms with Crippen LogP contribution in [0.15, 0.2) is 34.9 Å². The van der Waals surface area contributed by atoms with Gasteiger partial charge in [-0.3, -0.25) is 4.79 Å². The lowest BCUT2D eigenvalue weighted by Crippen LogP contribution is -2.31. The average molecular weight is 366 g/mol. The number of fused-ring (bicyclic) bond motifs is 1. The van der Waals surface area contributed by atoms with Gasteiger partial charge in [0.1, 0.15) is 0 Å². The fourth-order valence-electron chi connectivity index (χ4n) is 2.93. The fourth-order valence-corrected chi connectivity index (χ4v) is 3.42. The topological polar surface area (TPSA) is 66.3 Å². The number of aliphatic hydroxyl groups is 1. The van der Waals surface area contributed by atoms with Crippen molar-refractivity contribution >= 4 is 32.7 Å². The minimum atomic E-state index is -0.406. The molecule has 3 N–H and O–H groups in total. The molecule has 1 aromatic heterocycles. The van der Waals surface area contributed by atoms with E-state index < -0.39 is 6.10 Å². The highest BCUT2D eigenvalue weighted by molar-refractivity contribution is 9.10. The van der Waals surface area contributed by atoms with E-state index in [1.807, 2.05) is 18.3 Å². The second-order valence-corrected chi connectivity index (χ2v) is 6.58. The molecule has 2 atom stereocenters. The molecule has 1 aliphatic rings. The quantitative estimate of drug-likeness (QED) is 0.751. The summed E-state index contributed by atoms with van der Waals surface area (Å²) in [5.41, 5.74) is 1.15. The molecule has 6 heteroatoms. The molecule has 3 rings (SSSR count). The number of halogens is 1. The Labute approximate surface area is 137 Å². The van der Waals surface area contributed by atoms with Crippen LogP contribution in [-0.4, -0.2) is 41.3 Å². The summed E-state index contributed by atoms with van der Waals surface area (Å²) in [7, 11) is 0. The Kier molecular flexibility index (Phi) is 4.81. The van der Waals surface area contributed by atoms with E-state index in [0.29, 0.717) is 26.1 Å². The van der Waals surface area contributed by atoms with Crippen LogP contribution >= 0.6 is 15.9 Å². The first-order valence-electron chi connectivity index (χ1n) is 7.54. The summed E-state index contributed by atoms with van der Waals surface area (Å²) in [4.78, 5) is 11.9. The summed E-state index contributed by atoms with van der Waals surface area (Å²) in [5, 5.41) is 16.9. The average Bonchev–Trinajstić information content (AvgIpc) is 3.08. The van der Waals surface area contributed by atoms with E-state index in [0.717, 1.165) is 16.5 Å². The highest BCUT2D eigenvalue weighted by Gasteiger charge is 2.26. The first kappa shape index (κ1) is 15.5. The zero-order chi connectivity index (χ0) is 15.5. The zero-order valence-corrected chi connectivity index (χ0v) is 13.8. The van der Waals surface area contributed by atoms with Crippen LogP contribution in [0.25, 0.3) is 10.9 Å². The summed E-state index contributed by atoms with van der Waals surface area (Å²) >= 11 is 3.54. The largest absolute Gasteiger partial charge is 0.391 e. The summed E-state index contributed by atoms with van der Waals surface area (Å²) in [6, 6.07) is 8.18. The fraction of sp³-hybridized carbons (Fsp3) is 0.438. The normalized spacial score (nSPS) is 21.4. The number of hydrogen-bond acceptors (Lipinski definition) is 3. The predicted molar refractivity (Wildman–Crippen MR) is 89.6 cm³/mol. The van der Waals surface area contributed by atoms with Crippen molar-refractivity contribution in [1.29, 1.82) is 0 Å². The zero-order valence-electron chi connectivity index (χ0n) is 12.3. The molecule has 22 heavy (non-hydrogen) atoms. The predicted octanol–water partition coefficient (Wildman–Crippen LogP) is 1.49. The maximum Gasteiger partial charge on any atom is 0.220 e. The number of nitrogens with one attached hydrogen (secondary N) is 2. The highest BCUT2D eigenvalue weighted by Crippen LogP contribution is 2.24. The van der Waals surface area contributed by atoms with Crippen LogP contribution in [0.3, 0.4) is 0 Å². The lowest BCUT2D eigenvalue weighted by atomic mass is 10.0. The molecule has 1 fully saturated rings. The van der Waals surface area contributed by atoms with Gasteiger partial charge in [-0.05, 0) is 18.2 Å². The van der Waals surface area contributed by atoms with Crippen LogP contribution in [0.4, 0.5) is 0 Å². The first-order valence-corrected chi connectivity index (χ1v) is 8.33.